The van der Waals surface area contributed by atoms with E-state index in [2.05, 4.69) is 20.4 Å². The number of hydrogen-bond donors (Lipinski definition) is 0. The molecular formula is C21H32O3. The lowest BCUT2D eigenvalue weighted by molar-refractivity contribution is -0.176. The van der Waals surface area contributed by atoms with Crippen molar-refractivity contribution in [2.75, 3.05) is 7.11 Å². The zero-order chi connectivity index (χ0) is 17.5. The van der Waals surface area contributed by atoms with Gasteiger partial charge in [-0.2, -0.15) is 0 Å². The van der Waals surface area contributed by atoms with Gasteiger partial charge in [-0.05, 0) is 74.5 Å². The highest BCUT2D eigenvalue weighted by Gasteiger charge is 2.60. The van der Waals surface area contributed by atoms with E-state index in [-0.39, 0.29) is 16.8 Å². The number of carbonyl (C=O) groups is 2. The molecule has 6 atom stereocenters. The van der Waals surface area contributed by atoms with E-state index in [1.165, 1.54) is 25.5 Å². The van der Waals surface area contributed by atoms with Crippen LogP contribution in [0.3, 0.4) is 0 Å². The van der Waals surface area contributed by atoms with Gasteiger partial charge in [0.15, 0.2) is 0 Å². The van der Waals surface area contributed by atoms with E-state index in [9.17, 15) is 9.59 Å². The number of carbonyl (C=O) groups excluding carboxylic acids is 2. The summed E-state index contributed by atoms with van der Waals surface area (Å²) < 4.78 is 5.20. The minimum atomic E-state index is -0.346. The topological polar surface area (TPSA) is 43.4 Å². The molecule has 3 rings (SSSR count). The number of hydrogen-bond acceptors (Lipinski definition) is 3. The first-order valence-corrected chi connectivity index (χ1v) is 9.58. The third-order valence-electron chi connectivity index (χ3n) is 7.95. The predicted molar refractivity (Wildman–Crippen MR) is 94.3 cm³/mol. The Morgan fingerprint density at radius 1 is 1.29 bits per heavy atom. The lowest BCUT2D eigenvalue weighted by atomic mass is 9.43. The number of rotatable bonds is 3. The van der Waals surface area contributed by atoms with Gasteiger partial charge in [-0.15, -0.1) is 0 Å². The highest BCUT2D eigenvalue weighted by Crippen LogP contribution is 2.65. The van der Waals surface area contributed by atoms with Crippen LogP contribution in [0.5, 0.6) is 0 Å². The van der Waals surface area contributed by atoms with Crippen LogP contribution in [0.25, 0.3) is 0 Å². The number of ether oxygens (including phenoxy) is 1. The fourth-order valence-corrected chi connectivity index (χ4v) is 6.83. The second-order valence-corrected chi connectivity index (χ2v) is 8.87. The van der Waals surface area contributed by atoms with E-state index in [0.717, 1.165) is 38.4 Å². The van der Waals surface area contributed by atoms with Crippen LogP contribution in [-0.4, -0.2) is 19.4 Å². The van der Waals surface area contributed by atoms with E-state index in [0.29, 0.717) is 30.1 Å². The van der Waals surface area contributed by atoms with Crippen LogP contribution in [0, 0.1) is 34.5 Å². The van der Waals surface area contributed by atoms with Crippen molar-refractivity contribution in [2.45, 2.75) is 65.2 Å². The molecule has 134 valence electrons. The molecule has 3 aliphatic carbocycles. The lowest BCUT2D eigenvalue weighted by Crippen LogP contribution is -2.57. The Labute approximate surface area is 146 Å². The monoisotopic (exact) mass is 332 g/mol. The Bertz CT molecular complexity index is 539. The number of aldehydes is 1. The third kappa shape index (κ3) is 2.46. The first-order chi connectivity index (χ1) is 11.4. The Kier molecular flexibility index (Phi) is 4.65. The molecule has 0 aromatic carbocycles. The summed E-state index contributed by atoms with van der Waals surface area (Å²) in [6.07, 6.45) is 9.34. The van der Waals surface area contributed by atoms with E-state index < -0.39 is 0 Å². The summed E-state index contributed by atoms with van der Waals surface area (Å²) in [6.45, 7) is 8.82. The van der Waals surface area contributed by atoms with Crippen molar-refractivity contribution in [3.63, 3.8) is 0 Å². The van der Waals surface area contributed by atoms with Crippen LogP contribution in [0.2, 0.25) is 0 Å². The zero-order valence-electron chi connectivity index (χ0n) is 15.5. The quantitative estimate of drug-likeness (QED) is 0.432. The molecule has 0 aliphatic heterocycles. The maximum Gasteiger partial charge on any atom is 0.311 e. The molecule has 0 amide bonds. The summed E-state index contributed by atoms with van der Waals surface area (Å²) in [5.41, 5.74) is 1.12. The molecule has 24 heavy (non-hydrogen) atoms. The molecule has 3 aliphatic rings. The van der Waals surface area contributed by atoms with Crippen LogP contribution in [-0.2, 0) is 14.3 Å². The summed E-state index contributed by atoms with van der Waals surface area (Å²) >= 11 is 0. The van der Waals surface area contributed by atoms with Crippen molar-refractivity contribution in [3.8, 4) is 0 Å². The van der Waals surface area contributed by atoms with Crippen molar-refractivity contribution in [2.24, 2.45) is 34.5 Å². The molecule has 0 radical (unpaired) electrons. The maximum absolute atomic E-state index is 12.6. The summed E-state index contributed by atoms with van der Waals surface area (Å²) in [5, 5.41) is 0. The molecule has 0 spiro atoms. The van der Waals surface area contributed by atoms with Gasteiger partial charge in [0.1, 0.15) is 6.29 Å². The van der Waals surface area contributed by atoms with Crippen molar-refractivity contribution < 1.29 is 14.3 Å². The lowest BCUT2D eigenvalue weighted by Gasteiger charge is -2.61. The van der Waals surface area contributed by atoms with Crippen LogP contribution in [0.1, 0.15) is 65.2 Å². The Balaban J connectivity index is 1.94. The number of esters is 1. The van der Waals surface area contributed by atoms with Gasteiger partial charge >= 0.3 is 5.97 Å². The van der Waals surface area contributed by atoms with Crippen LogP contribution < -0.4 is 0 Å². The fourth-order valence-electron chi connectivity index (χ4n) is 6.83. The minimum absolute atomic E-state index is 0.0264. The summed E-state index contributed by atoms with van der Waals surface area (Å²) in [7, 11) is 1.52. The largest absolute Gasteiger partial charge is 0.469 e. The van der Waals surface area contributed by atoms with E-state index in [1.54, 1.807) is 0 Å². The average Bonchev–Trinajstić information content (AvgIpc) is 2.56. The molecule has 3 fully saturated rings. The SMILES string of the molecule is C=C1CC[C@H]2[C@@H](CC[C@@H]3[C@]2(C)CCC[C@@]3(C)C(=O)OC)[C@@H]1CC=O. The number of fused-ring (bicyclic) bond motifs is 3. The zero-order valence-corrected chi connectivity index (χ0v) is 15.5. The standard InChI is InChI=1S/C21H32O3/c1-14-6-8-17-16(15(14)10-13-22)7-9-18-20(17,2)11-5-12-21(18,3)19(23)24-4/h13,15-18H,1,5-12H2,2-4H3/t15-,16+,17+,18-,20-,21-/m1/s1. The molecular weight excluding hydrogens is 300 g/mol. The van der Waals surface area contributed by atoms with Gasteiger partial charge in [0.05, 0.1) is 12.5 Å². The van der Waals surface area contributed by atoms with Gasteiger partial charge in [0.2, 0.25) is 0 Å². The molecule has 0 aromatic rings. The Morgan fingerprint density at radius 3 is 2.71 bits per heavy atom. The molecule has 0 unspecified atom stereocenters. The van der Waals surface area contributed by atoms with Gasteiger partial charge in [-0.1, -0.05) is 25.5 Å². The van der Waals surface area contributed by atoms with Crippen LogP contribution in [0.4, 0.5) is 0 Å². The average molecular weight is 332 g/mol. The molecule has 3 nitrogen and oxygen atoms in total. The minimum Gasteiger partial charge on any atom is -0.469 e. The molecule has 0 aromatic heterocycles. The second kappa shape index (κ2) is 6.31. The Morgan fingerprint density at radius 2 is 2.04 bits per heavy atom. The van der Waals surface area contributed by atoms with Gasteiger partial charge in [-0.3, -0.25) is 4.79 Å². The number of allylic oxidation sites excluding steroid dienone is 1. The first-order valence-electron chi connectivity index (χ1n) is 9.58. The van der Waals surface area contributed by atoms with E-state index >= 15 is 0 Å². The normalized spacial score (nSPS) is 45.0. The highest BCUT2D eigenvalue weighted by atomic mass is 16.5. The van der Waals surface area contributed by atoms with E-state index in [1.807, 2.05) is 0 Å². The van der Waals surface area contributed by atoms with Gasteiger partial charge in [0.25, 0.3) is 0 Å². The van der Waals surface area contributed by atoms with Gasteiger partial charge < -0.3 is 9.53 Å². The molecule has 0 N–H and O–H groups in total. The van der Waals surface area contributed by atoms with Gasteiger partial charge in [0, 0.05) is 6.42 Å². The summed E-state index contributed by atoms with van der Waals surface area (Å²) in [6, 6.07) is 0. The van der Waals surface area contributed by atoms with Crippen molar-refractivity contribution >= 4 is 12.3 Å². The smallest absolute Gasteiger partial charge is 0.311 e. The molecule has 0 saturated heterocycles. The van der Waals surface area contributed by atoms with E-state index in [4.69, 9.17) is 4.74 Å². The molecule has 3 saturated carbocycles. The van der Waals surface area contributed by atoms with Crippen molar-refractivity contribution in [1.29, 1.82) is 0 Å². The highest BCUT2D eigenvalue weighted by molar-refractivity contribution is 5.77. The maximum atomic E-state index is 12.6. The predicted octanol–water partition coefficient (Wildman–Crippen LogP) is 4.55. The first kappa shape index (κ1) is 17.7. The molecule has 0 heterocycles. The Hall–Kier alpha value is -1.12. The number of methoxy groups -OCH3 is 1. The molecule has 0 bridgehead atoms. The fraction of sp³-hybridized carbons (Fsp3) is 0.810. The third-order valence-corrected chi connectivity index (χ3v) is 7.95. The summed E-state index contributed by atoms with van der Waals surface area (Å²) in [4.78, 5) is 23.8. The van der Waals surface area contributed by atoms with Crippen LogP contribution in [0.15, 0.2) is 12.2 Å². The van der Waals surface area contributed by atoms with Crippen LogP contribution >= 0.6 is 0 Å². The summed E-state index contributed by atoms with van der Waals surface area (Å²) in [5.74, 6) is 1.90. The van der Waals surface area contributed by atoms with Crippen molar-refractivity contribution in [3.05, 3.63) is 12.2 Å². The second-order valence-electron chi connectivity index (χ2n) is 8.87. The molecule has 3 heteroatoms. The van der Waals surface area contributed by atoms with Gasteiger partial charge in [-0.25, -0.2) is 0 Å². The van der Waals surface area contributed by atoms with Crippen molar-refractivity contribution in [1.82, 2.24) is 0 Å².